The predicted octanol–water partition coefficient (Wildman–Crippen LogP) is 0.124. The van der Waals surface area contributed by atoms with Crippen LogP contribution in [0.4, 0.5) is 0 Å². The number of sulfonamides is 1. The van der Waals surface area contributed by atoms with E-state index in [1.165, 1.54) is 11.3 Å². The molecule has 2 aliphatic rings. The molecule has 23 heavy (non-hydrogen) atoms. The summed E-state index contributed by atoms with van der Waals surface area (Å²) in [6, 6.07) is -0.593. The van der Waals surface area contributed by atoms with Crippen LogP contribution in [0.1, 0.15) is 22.0 Å². The second-order valence-electron chi connectivity index (χ2n) is 6.22. The minimum absolute atomic E-state index is 0.104. The first-order chi connectivity index (χ1) is 10.7. The Hall–Kier alpha value is -1.03. The lowest BCUT2D eigenvalue weighted by Crippen LogP contribution is -2.70. The van der Waals surface area contributed by atoms with Gasteiger partial charge in [-0.05, 0) is 20.3 Å². The molecule has 9 heteroatoms. The molecule has 4 atom stereocenters. The highest BCUT2D eigenvalue weighted by Gasteiger charge is 2.55. The van der Waals surface area contributed by atoms with Gasteiger partial charge in [0.25, 0.3) is 0 Å². The van der Waals surface area contributed by atoms with Crippen molar-refractivity contribution >= 4 is 27.3 Å². The van der Waals surface area contributed by atoms with Crippen molar-refractivity contribution in [1.82, 2.24) is 15.0 Å². The second kappa shape index (κ2) is 6.12. The number of nitrogens with zero attached hydrogens (tertiary/aromatic N) is 1. The molecule has 1 amide bonds. The average molecular weight is 359 g/mol. The molecule has 2 N–H and O–H groups in total. The summed E-state index contributed by atoms with van der Waals surface area (Å²) in [5.74, 6) is 0.0786. The molecule has 2 heterocycles. The van der Waals surface area contributed by atoms with E-state index in [9.17, 15) is 13.2 Å². The maximum atomic E-state index is 12.3. The van der Waals surface area contributed by atoms with Gasteiger partial charge in [-0.25, -0.2) is 18.1 Å². The van der Waals surface area contributed by atoms with Crippen LogP contribution in [-0.4, -0.2) is 50.4 Å². The Kier molecular flexibility index (Phi) is 4.47. The quantitative estimate of drug-likeness (QED) is 0.778. The number of hydrogen-bond acceptors (Lipinski definition) is 6. The fourth-order valence-electron chi connectivity index (χ4n) is 3.41. The van der Waals surface area contributed by atoms with Crippen molar-refractivity contribution in [3.63, 3.8) is 0 Å². The summed E-state index contributed by atoms with van der Waals surface area (Å²) >= 11 is 1.52. The van der Waals surface area contributed by atoms with Gasteiger partial charge in [0.15, 0.2) is 0 Å². The molecule has 1 aromatic rings. The molecular weight excluding hydrogens is 338 g/mol. The monoisotopic (exact) mass is 359 g/mol. The zero-order valence-electron chi connectivity index (χ0n) is 13.3. The van der Waals surface area contributed by atoms with Crippen LogP contribution in [0.15, 0.2) is 0 Å². The predicted molar refractivity (Wildman–Crippen MR) is 86.8 cm³/mol. The Morgan fingerprint density at radius 3 is 2.74 bits per heavy atom. The van der Waals surface area contributed by atoms with Crippen molar-refractivity contribution in [2.24, 2.45) is 5.92 Å². The van der Waals surface area contributed by atoms with Crippen molar-refractivity contribution in [3.05, 3.63) is 15.6 Å². The number of rotatable bonds is 5. The number of fused-ring (bicyclic) bond motifs is 1. The molecule has 0 spiro atoms. The van der Waals surface area contributed by atoms with Gasteiger partial charge in [-0.3, -0.25) is 4.79 Å². The first kappa shape index (κ1) is 16.8. The summed E-state index contributed by atoms with van der Waals surface area (Å²) in [6.45, 7) is 4.42. The highest BCUT2D eigenvalue weighted by Crippen LogP contribution is 2.39. The summed E-state index contributed by atoms with van der Waals surface area (Å²) in [6.07, 6.45) is 2.10. The minimum atomic E-state index is -3.34. The van der Waals surface area contributed by atoms with E-state index >= 15 is 0 Å². The Bertz CT molecular complexity index is 716. The van der Waals surface area contributed by atoms with Crippen LogP contribution in [0, 0.1) is 19.8 Å². The van der Waals surface area contributed by atoms with Gasteiger partial charge in [0.1, 0.15) is 0 Å². The first-order valence-electron chi connectivity index (χ1n) is 7.56. The minimum Gasteiger partial charge on any atom is -0.376 e. The van der Waals surface area contributed by atoms with Crippen LogP contribution < -0.4 is 10.0 Å². The van der Waals surface area contributed by atoms with E-state index in [-0.39, 0.29) is 36.4 Å². The summed E-state index contributed by atoms with van der Waals surface area (Å²) < 4.78 is 31.2. The van der Waals surface area contributed by atoms with Gasteiger partial charge < -0.3 is 10.1 Å². The molecule has 1 aliphatic heterocycles. The molecule has 7 nitrogen and oxygen atoms in total. The van der Waals surface area contributed by atoms with E-state index in [2.05, 4.69) is 15.0 Å². The topological polar surface area (TPSA) is 97.4 Å². The molecule has 0 bridgehead atoms. The van der Waals surface area contributed by atoms with E-state index in [1.54, 1.807) is 0 Å². The molecular formula is C14H21N3O4S2. The molecule has 1 saturated heterocycles. The van der Waals surface area contributed by atoms with Crippen LogP contribution in [0.2, 0.25) is 0 Å². The number of carbonyl (C=O) groups excluding carboxylic acids is 1. The molecule has 3 rings (SSSR count). The Morgan fingerprint density at radius 2 is 2.13 bits per heavy atom. The molecule has 0 radical (unpaired) electrons. The SMILES string of the molecule is Cc1nc(C)c(CC(=O)N[C@H]2[C@H]3CCO[C@H]3[C@@H]2NS(C)(=O)=O)s1. The number of aromatic nitrogens is 1. The van der Waals surface area contributed by atoms with E-state index in [1.807, 2.05) is 13.8 Å². The number of amides is 1. The third-order valence-corrected chi connectivity index (χ3v) is 6.16. The highest BCUT2D eigenvalue weighted by atomic mass is 32.2. The number of thiazole rings is 1. The second-order valence-corrected chi connectivity index (χ2v) is 9.28. The fraction of sp³-hybridized carbons (Fsp3) is 0.714. The van der Waals surface area contributed by atoms with Crippen molar-refractivity contribution < 1.29 is 17.9 Å². The summed E-state index contributed by atoms with van der Waals surface area (Å²) in [7, 11) is -3.34. The average Bonchev–Trinajstić information content (AvgIpc) is 2.97. The van der Waals surface area contributed by atoms with Crippen molar-refractivity contribution in [2.45, 2.75) is 44.9 Å². The van der Waals surface area contributed by atoms with Gasteiger partial charge in [-0.15, -0.1) is 11.3 Å². The fourth-order valence-corrected chi connectivity index (χ4v) is 5.12. The number of nitrogens with one attached hydrogen (secondary N) is 2. The van der Waals surface area contributed by atoms with Gasteiger partial charge in [0.05, 0.1) is 41.6 Å². The van der Waals surface area contributed by atoms with Crippen LogP contribution in [0.3, 0.4) is 0 Å². The van der Waals surface area contributed by atoms with Crippen molar-refractivity contribution in [1.29, 1.82) is 0 Å². The summed E-state index contributed by atoms with van der Waals surface area (Å²) in [5.41, 5.74) is 0.879. The van der Waals surface area contributed by atoms with E-state index in [0.29, 0.717) is 6.61 Å². The van der Waals surface area contributed by atoms with Gasteiger partial charge in [0, 0.05) is 17.4 Å². The number of carbonyl (C=O) groups is 1. The Morgan fingerprint density at radius 1 is 1.39 bits per heavy atom. The van der Waals surface area contributed by atoms with Gasteiger partial charge in [0.2, 0.25) is 15.9 Å². The van der Waals surface area contributed by atoms with Crippen LogP contribution in [0.25, 0.3) is 0 Å². The maximum Gasteiger partial charge on any atom is 0.225 e. The van der Waals surface area contributed by atoms with Crippen LogP contribution in [0.5, 0.6) is 0 Å². The zero-order valence-corrected chi connectivity index (χ0v) is 15.0. The van der Waals surface area contributed by atoms with Gasteiger partial charge >= 0.3 is 0 Å². The van der Waals surface area contributed by atoms with Crippen LogP contribution in [-0.2, 0) is 26.0 Å². The largest absolute Gasteiger partial charge is 0.376 e. The summed E-state index contributed by atoms with van der Waals surface area (Å²) in [4.78, 5) is 17.6. The molecule has 1 aliphatic carbocycles. The van der Waals surface area contributed by atoms with E-state index in [0.717, 1.165) is 28.3 Å². The van der Waals surface area contributed by atoms with E-state index < -0.39 is 10.0 Å². The standard InChI is InChI=1S/C14H21N3O4S2/c1-7-10(22-8(2)15-7)6-11(18)16-12-9-4-5-21-14(9)13(12)17-23(3,19)20/h9,12-14,17H,4-6H2,1-3H3,(H,16,18)/t9-,12+,13-,14-/m1/s1. The maximum absolute atomic E-state index is 12.3. The van der Waals surface area contributed by atoms with E-state index in [4.69, 9.17) is 4.74 Å². The molecule has 1 saturated carbocycles. The molecule has 2 fully saturated rings. The Balaban J connectivity index is 1.65. The number of ether oxygens (including phenoxy) is 1. The van der Waals surface area contributed by atoms with Crippen molar-refractivity contribution in [2.75, 3.05) is 12.9 Å². The van der Waals surface area contributed by atoms with Crippen LogP contribution >= 0.6 is 11.3 Å². The lowest BCUT2D eigenvalue weighted by Gasteiger charge is -2.47. The normalized spacial score (nSPS) is 29.9. The highest BCUT2D eigenvalue weighted by molar-refractivity contribution is 7.88. The molecule has 1 aromatic heterocycles. The third-order valence-electron chi connectivity index (χ3n) is 4.38. The Labute approximate surface area is 139 Å². The third kappa shape index (κ3) is 3.57. The molecule has 0 aromatic carbocycles. The lowest BCUT2D eigenvalue weighted by molar-refractivity contribution is -0.124. The van der Waals surface area contributed by atoms with Crippen molar-refractivity contribution in [3.8, 4) is 0 Å². The number of aryl methyl sites for hydroxylation is 2. The molecule has 128 valence electrons. The molecule has 0 unspecified atom stereocenters. The van der Waals surface area contributed by atoms with Gasteiger partial charge in [-0.1, -0.05) is 0 Å². The first-order valence-corrected chi connectivity index (χ1v) is 10.3. The number of hydrogen-bond donors (Lipinski definition) is 2. The lowest BCUT2D eigenvalue weighted by atomic mass is 9.72. The smallest absolute Gasteiger partial charge is 0.225 e. The van der Waals surface area contributed by atoms with Gasteiger partial charge in [-0.2, -0.15) is 0 Å². The zero-order chi connectivity index (χ0) is 16.8. The summed E-state index contributed by atoms with van der Waals surface area (Å²) in [5, 5.41) is 3.92.